The van der Waals surface area contributed by atoms with Crippen molar-refractivity contribution in [3.63, 3.8) is 0 Å². The van der Waals surface area contributed by atoms with Crippen molar-refractivity contribution < 1.29 is 14.3 Å². The van der Waals surface area contributed by atoms with Gasteiger partial charge in [-0.05, 0) is 37.6 Å². The number of nitrogens with two attached hydrogens (primary N) is 1. The minimum atomic E-state index is -0.0935. The zero-order chi connectivity index (χ0) is 12.8. The van der Waals surface area contributed by atoms with Gasteiger partial charge in [0, 0.05) is 12.1 Å². The van der Waals surface area contributed by atoms with E-state index < -0.39 is 0 Å². The SMILES string of the molecule is Cl.NCCCCNC(=O)c1ccc2c(c1)OCCO2. The van der Waals surface area contributed by atoms with E-state index in [4.69, 9.17) is 15.2 Å². The zero-order valence-electron chi connectivity index (χ0n) is 10.7. The first kappa shape index (κ1) is 15.6. The summed E-state index contributed by atoms with van der Waals surface area (Å²) in [7, 11) is 0. The van der Waals surface area contributed by atoms with Crippen molar-refractivity contribution in [3.05, 3.63) is 23.8 Å². The Balaban J connectivity index is 0.00000180. The first-order chi connectivity index (χ1) is 8.81. The van der Waals surface area contributed by atoms with Gasteiger partial charge in [0.1, 0.15) is 13.2 Å². The molecule has 0 spiro atoms. The van der Waals surface area contributed by atoms with Crippen molar-refractivity contribution in [3.8, 4) is 11.5 Å². The molecule has 1 aliphatic rings. The summed E-state index contributed by atoms with van der Waals surface area (Å²) in [5.41, 5.74) is 5.98. The second kappa shape index (κ2) is 7.86. The summed E-state index contributed by atoms with van der Waals surface area (Å²) < 4.78 is 10.8. The summed E-state index contributed by atoms with van der Waals surface area (Å²) in [6, 6.07) is 5.22. The van der Waals surface area contributed by atoms with Gasteiger partial charge in [0.05, 0.1) is 0 Å². The lowest BCUT2D eigenvalue weighted by Gasteiger charge is -2.18. The Morgan fingerprint density at radius 2 is 1.95 bits per heavy atom. The van der Waals surface area contributed by atoms with Crippen LogP contribution in [-0.4, -0.2) is 32.2 Å². The number of hydrogen-bond donors (Lipinski definition) is 2. The van der Waals surface area contributed by atoms with E-state index >= 15 is 0 Å². The summed E-state index contributed by atoms with van der Waals surface area (Å²) in [6.45, 7) is 2.37. The third-order valence-corrected chi connectivity index (χ3v) is 2.72. The highest BCUT2D eigenvalue weighted by Crippen LogP contribution is 2.30. The number of carbonyl (C=O) groups is 1. The minimum absolute atomic E-state index is 0. The highest BCUT2D eigenvalue weighted by atomic mass is 35.5. The standard InChI is InChI=1S/C13H18N2O3.ClH/c14-5-1-2-6-15-13(16)10-3-4-11-12(9-10)18-8-7-17-11;/h3-4,9H,1-2,5-8,14H2,(H,15,16);1H. The van der Waals surface area contributed by atoms with Crippen LogP contribution in [0.5, 0.6) is 11.5 Å². The maximum Gasteiger partial charge on any atom is 0.251 e. The number of nitrogens with one attached hydrogen (secondary N) is 1. The minimum Gasteiger partial charge on any atom is -0.486 e. The first-order valence-corrected chi connectivity index (χ1v) is 6.19. The molecule has 0 atom stereocenters. The Hall–Kier alpha value is -1.46. The van der Waals surface area contributed by atoms with Crippen LogP contribution in [0.25, 0.3) is 0 Å². The van der Waals surface area contributed by atoms with Gasteiger partial charge in [-0.25, -0.2) is 0 Å². The smallest absolute Gasteiger partial charge is 0.251 e. The Kier molecular flexibility index (Phi) is 6.45. The van der Waals surface area contributed by atoms with Crippen LogP contribution in [0.3, 0.4) is 0 Å². The van der Waals surface area contributed by atoms with Gasteiger partial charge in [0.2, 0.25) is 0 Å². The predicted molar refractivity (Wildman–Crippen MR) is 75.3 cm³/mol. The number of hydrogen-bond acceptors (Lipinski definition) is 4. The number of halogens is 1. The summed E-state index contributed by atoms with van der Waals surface area (Å²) in [6.07, 6.45) is 1.81. The van der Waals surface area contributed by atoms with E-state index in [0.29, 0.717) is 43.4 Å². The van der Waals surface area contributed by atoms with Crippen LogP contribution in [0, 0.1) is 0 Å². The highest BCUT2D eigenvalue weighted by molar-refractivity contribution is 5.94. The zero-order valence-corrected chi connectivity index (χ0v) is 11.5. The van der Waals surface area contributed by atoms with Gasteiger partial charge >= 0.3 is 0 Å². The Labute approximate surface area is 118 Å². The molecule has 3 N–H and O–H groups in total. The van der Waals surface area contributed by atoms with Crippen LogP contribution in [0.1, 0.15) is 23.2 Å². The molecule has 1 aromatic carbocycles. The Morgan fingerprint density at radius 3 is 2.68 bits per heavy atom. The molecule has 5 nitrogen and oxygen atoms in total. The van der Waals surface area contributed by atoms with E-state index in [-0.39, 0.29) is 18.3 Å². The normalized spacial score (nSPS) is 12.5. The van der Waals surface area contributed by atoms with Gasteiger partial charge in [-0.2, -0.15) is 0 Å². The average Bonchev–Trinajstić information content (AvgIpc) is 2.43. The van der Waals surface area contributed by atoms with E-state index in [1.807, 2.05) is 0 Å². The molecule has 19 heavy (non-hydrogen) atoms. The predicted octanol–water partition coefficient (Wildman–Crippen LogP) is 1.35. The molecule has 0 unspecified atom stereocenters. The van der Waals surface area contributed by atoms with Crippen LogP contribution in [-0.2, 0) is 0 Å². The molecule has 0 bridgehead atoms. The Bertz CT molecular complexity index is 426. The second-order valence-electron chi connectivity index (χ2n) is 4.11. The van der Waals surface area contributed by atoms with E-state index in [9.17, 15) is 4.79 Å². The number of ether oxygens (including phenoxy) is 2. The number of rotatable bonds is 5. The van der Waals surface area contributed by atoms with Gasteiger partial charge in [0.15, 0.2) is 11.5 Å². The monoisotopic (exact) mass is 286 g/mol. The number of carbonyl (C=O) groups excluding carboxylic acids is 1. The van der Waals surface area contributed by atoms with Crippen LogP contribution < -0.4 is 20.5 Å². The van der Waals surface area contributed by atoms with Crippen molar-refractivity contribution in [2.45, 2.75) is 12.8 Å². The molecule has 2 rings (SSSR count). The van der Waals surface area contributed by atoms with Crippen LogP contribution in [0.4, 0.5) is 0 Å². The van der Waals surface area contributed by atoms with Crippen LogP contribution >= 0.6 is 12.4 Å². The lowest BCUT2D eigenvalue weighted by atomic mass is 10.1. The van der Waals surface area contributed by atoms with Crippen molar-refractivity contribution in [2.24, 2.45) is 5.73 Å². The number of benzene rings is 1. The fourth-order valence-electron chi connectivity index (χ4n) is 1.76. The fourth-order valence-corrected chi connectivity index (χ4v) is 1.76. The summed E-state index contributed by atoms with van der Waals surface area (Å²) in [5, 5.41) is 2.85. The van der Waals surface area contributed by atoms with Gasteiger partial charge in [-0.15, -0.1) is 12.4 Å². The molecule has 106 valence electrons. The van der Waals surface area contributed by atoms with E-state index in [0.717, 1.165) is 12.8 Å². The van der Waals surface area contributed by atoms with Crippen molar-refractivity contribution >= 4 is 18.3 Å². The second-order valence-corrected chi connectivity index (χ2v) is 4.11. The number of fused-ring (bicyclic) bond motifs is 1. The molecule has 0 saturated carbocycles. The summed E-state index contributed by atoms with van der Waals surface area (Å²) >= 11 is 0. The molecule has 1 aliphatic heterocycles. The van der Waals surface area contributed by atoms with Crippen LogP contribution in [0.2, 0.25) is 0 Å². The number of unbranched alkanes of at least 4 members (excludes halogenated alkanes) is 1. The molecule has 0 aromatic heterocycles. The summed E-state index contributed by atoms with van der Waals surface area (Å²) in [5.74, 6) is 1.24. The quantitative estimate of drug-likeness (QED) is 0.802. The van der Waals surface area contributed by atoms with Crippen molar-refractivity contribution in [1.29, 1.82) is 0 Å². The largest absolute Gasteiger partial charge is 0.486 e. The van der Waals surface area contributed by atoms with Gasteiger partial charge in [-0.1, -0.05) is 0 Å². The highest BCUT2D eigenvalue weighted by Gasteiger charge is 2.14. The van der Waals surface area contributed by atoms with Crippen molar-refractivity contribution in [2.75, 3.05) is 26.3 Å². The van der Waals surface area contributed by atoms with Gasteiger partial charge in [0.25, 0.3) is 5.91 Å². The third kappa shape index (κ3) is 4.29. The molecule has 1 aromatic rings. The molecule has 0 aliphatic carbocycles. The Morgan fingerprint density at radius 1 is 1.21 bits per heavy atom. The fraction of sp³-hybridized carbons (Fsp3) is 0.462. The molecule has 0 radical (unpaired) electrons. The molecule has 1 amide bonds. The first-order valence-electron chi connectivity index (χ1n) is 6.19. The number of amides is 1. The average molecular weight is 287 g/mol. The molecule has 1 heterocycles. The van der Waals surface area contributed by atoms with Crippen molar-refractivity contribution in [1.82, 2.24) is 5.32 Å². The topological polar surface area (TPSA) is 73.6 Å². The van der Waals surface area contributed by atoms with Gasteiger partial charge in [-0.3, -0.25) is 4.79 Å². The van der Waals surface area contributed by atoms with E-state index in [2.05, 4.69) is 5.32 Å². The third-order valence-electron chi connectivity index (χ3n) is 2.72. The summed E-state index contributed by atoms with van der Waals surface area (Å²) in [4.78, 5) is 11.9. The van der Waals surface area contributed by atoms with E-state index in [1.165, 1.54) is 0 Å². The molecular formula is C13H19ClN2O3. The molecule has 6 heteroatoms. The lowest BCUT2D eigenvalue weighted by Crippen LogP contribution is -2.25. The maximum atomic E-state index is 11.9. The molecule has 0 saturated heterocycles. The van der Waals surface area contributed by atoms with Gasteiger partial charge < -0.3 is 20.5 Å². The lowest BCUT2D eigenvalue weighted by molar-refractivity contribution is 0.0952. The van der Waals surface area contributed by atoms with Crippen LogP contribution in [0.15, 0.2) is 18.2 Å². The van der Waals surface area contributed by atoms with E-state index in [1.54, 1.807) is 18.2 Å². The maximum absolute atomic E-state index is 11.9. The molecular weight excluding hydrogens is 268 g/mol. The molecule has 0 fully saturated rings.